The van der Waals surface area contributed by atoms with Gasteiger partial charge in [0.05, 0.1) is 30.6 Å². The summed E-state index contributed by atoms with van der Waals surface area (Å²) < 4.78 is 4.20. The summed E-state index contributed by atoms with van der Waals surface area (Å²) in [5.74, 6) is -0.00218. The average molecular weight is 435 g/mol. The maximum absolute atomic E-state index is 12.1. The number of aliphatic hydroxyl groups excluding tert-OH is 1. The Bertz CT molecular complexity index is 919. The van der Waals surface area contributed by atoms with Crippen LogP contribution in [0.5, 0.6) is 0 Å². The van der Waals surface area contributed by atoms with Crippen LogP contribution in [0.4, 0.5) is 21.4 Å². The highest BCUT2D eigenvalue weighted by Crippen LogP contribution is 2.27. The second-order valence-electron chi connectivity index (χ2n) is 7.28. The summed E-state index contributed by atoms with van der Waals surface area (Å²) in [5, 5.41) is 16.8. The van der Waals surface area contributed by atoms with Gasteiger partial charge in [-0.3, -0.25) is 4.79 Å². The molecule has 162 valence electrons. The zero-order valence-electron chi connectivity index (χ0n) is 17.1. The molecule has 1 fully saturated rings. The van der Waals surface area contributed by atoms with Gasteiger partial charge in [0.25, 0.3) is 5.91 Å². The van der Waals surface area contributed by atoms with Crippen LogP contribution in [0, 0.1) is 6.92 Å². The lowest BCUT2D eigenvalue weighted by molar-refractivity contribution is 0.0996. The molecule has 2 aromatic rings. The Hall–Kier alpha value is -2.99. The van der Waals surface area contributed by atoms with Gasteiger partial charge in [-0.1, -0.05) is 0 Å². The molecule has 0 aliphatic carbocycles. The third-order valence-electron chi connectivity index (χ3n) is 4.84. The highest BCUT2D eigenvalue weighted by atomic mass is 32.1. The van der Waals surface area contributed by atoms with E-state index in [1.54, 1.807) is 14.1 Å². The maximum Gasteiger partial charge on any atom is 0.317 e. The molecule has 30 heavy (non-hydrogen) atoms. The van der Waals surface area contributed by atoms with Gasteiger partial charge in [0.1, 0.15) is 10.8 Å². The lowest BCUT2D eigenvalue weighted by atomic mass is 9.96. The van der Waals surface area contributed by atoms with Gasteiger partial charge < -0.3 is 31.3 Å². The van der Waals surface area contributed by atoms with Crippen LogP contribution < -0.4 is 21.3 Å². The number of aliphatic hydroxyl groups is 1. The van der Waals surface area contributed by atoms with E-state index >= 15 is 0 Å². The Kier molecular flexibility index (Phi) is 6.67. The first-order valence-electron chi connectivity index (χ1n) is 9.52. The monoisotopic (exact) mass is 434 g/mol. The van der Waals surface area contributed by atoms with Crippen LogP contribution in [0.15, 0.2) is 12.3 Å². The Morgan fingerprint density at radius 3 is 2.80 bits per heavy atom. The smallest absolute Gasteiger partial charge is 0.317 e. The Labute approximate surface area is 178 Å². The number of rotatable bonds is 6. The number of carbonyl (C=O) groups excluding carboxylic acids is 2. The van der Waals surface area contributed by atoms with Crippen molar-refractivity contribution in [1.29, 1.82) is 0 Å². The Morgan fingerprint density at radius 1 is 1.43 bits per heavy atom. The normalized spacial score (nSPS) is 18.7. The number of nitrogens with zero attached hydrogens (tertiary/aromatic N) is 5. The van der Waals surface area contributed by atoms with Gasteiger partial charge >= 0.3 is 6.03 Å². The average Bonchev–Trinajstić information content (AvgIpc) is 3.12. The minimum Gasteiger partial charge on any atom is -0.394 e. The van der Waals surface area contributed by atoms with E-state index in [4.69, 9.17) is 5.73 Å². The molecule has 11 nitrogen and oxygen atoms in total. The van der Waals surface area contributed by atoms with Crippen LogP contribution in [-0.2, 0) is 0 Å². The van der Waals surface area contributed by atoms with Crippen LogP contribution in [0.25, 0.3) is 0 Å². The van der Waals surface area contributed by atoms with Crippen molar-refractivity contribution >= 4 is 40.1 Å². The van der Waals surface area contributed by atoms with Crippen LogP contribution in [-0.4, -0.2) is 75.6 Å². The summed E-state index contributed by atoms with van der Waals surface area (Å²) in [5.41, 5.74) is 6.31. The standard InChI is InChI=1S/C18H26N8O3S/c1-10-7-14(30-24-10)23-17-15(16(19)28)20-8-13(22-17)26-6-4-5-11(12(26)9-27)21-18(29)25(2)3/h7-8,11-12,27H,4-6,9H2,1-3H3,(H2,19,28)(H,21,29)(H,22,23)/t11-,12-/m1/s1. The quantitative estimate of drug-likeness (QED) is 0.518. The van der Waals surface area contributed by atoms with Crippen LogP contribution in [0.3, 0.4) is 0 Å². The highest BCUT2D eigenvalue weighted by molar-refractivity contribution is 7.10. The first-order valence-corrected chi connectivity index (χ1v) is 10.3. The van der Waals surface area contributed by atoms with Crippen molar-refractivity contribution in [2.75, 3.05) is 37.5 Å². The molecule has 2 aromatic heterocycles. The molecule has 5 N–H and O–H groups in total. The van der Waals surface area contributed by atoms with Gasteiger partial charge in [0.2, 0.25) is 0 Å². The number of aryl methyl sites for hydroxylation is 1. The number of carbonyl (C=O) groups is 2. The summed E-state index contributed by atoms with van der Waals surface area (Å²) in [7, 11) is 3.33. The SMILES string of the molecule is Cc1cc(Nc2nc(N3CCC[C@@H](NC(=O)N(C)C)[C@H]3CO)cnc2C(N)=O)sn1. The van der Waals surface area contributed by atoms with Crippen molar-refractivity contribution in [3.8, 4) is 0 Å². The summed E-state index contributed by atoms with van der Waals surface area (Å²) >= 11 is 1.23. The molecule has 1 aliphatic rings. The second kappa shape index (κ2) is 9.22. The van der Waals surface area contributed by atoms with Crippen LogP contribution in [0.1, 0.15) is 29.0 Å². The summed E-state index contributed by atoms with van der Waals surface area (Å²) in [6.07, 6.45) is 2.99. The van der Waals surface area contributed by atoms with E-state index in [1.165, 1.54) is 22.6 Å². The number of nitrogens with one attached hydrogen (secondary N) is 2. The number of anilines is 3. The van der Waals surface area contributed by atoms with Gasteiger partial charge in [-0.2, -0.15) is 4.37 Å². The van der Waals surface area contributed by atoms with E-state index in [9.17, 15) is 14.7 Å². The number of hydrogen-bond donors (Lipinski definition) is 4. The number of nitrogens with two attached hydrogens (primary N) is 1. The van der Waals surface area contributed by atoms with Gasteiger partial charge in [0.15, 0.2) is 11.5 Å². The molecule has 2 atom stereocenters. The van der Waals surface area contributed by atoms with E-state index in [-0.39, 0.29) is 36.2 Å². The van der Waals surface area contributed by atoms with E-state index in [0.29, 0.717) is 17.4 Å². The van der Waals surface area contributed by atoms with Crippen molar-refractivity contribution in [1.82, 2.24) is 24.6 Å². The van der Waals surface area contributed by atoms with Crippen LogP contribution in [0.2, 0.25) is 0 Å². The number of aromatic nitrogens is 3. The molecule has 0 unspecified atom stereocenters. The van der Waals surface area contributed by atoms with E-state index < -0.39 is 5.91 Å². The number of primary amides is 1. The molecule has 1 aliphatic heterocycles. The fourth-order valence-corrected chi connectivity index (χ4v) is 4.01. The fraction of sp³-hybridized carbons (Fsp3) is 0.500. The fourth-order valence-electron chi connectivity index (χ4n) is 3.35. The number of urea groups is 1. The predicted molar refractivity (Wildman–Crippen MR) is 114 cm³/mol. The van der Waals surface area contributed by atoms with Gasteiger partial charge in [-0.25, -0.2) is 14.8 Å². The van der Waals surface area contributed by atoms with Crippen molar-refractivity contribution in [3.63, 3.8) is 0 Å². The van der Waals surface area contributed by atoms with Crippen LogP contribution >= 0.6 is 11.5 Å². The number of piperidine rings is 1. The molecule has 0 spiro atoms. The molecular formula is C18H26N8O3S. The summed E-state index contributed by atoms with van der Waals surface area (Å²) in [4.78, 5) is 36.1. The molecule has 12 heteroatoms. The number of hydrogen-bond acceptors (Lipinski definition) is 9. The zero-order chi connectivity index (χ0) is 21.8. The zero-order valence-corrected chi connectivity index (χ0v) is 17.9. The first-order chi connectivity index (χ1) is 14.3. The first kappa shape index (κ1) is 21.7. The lowest BCUT2D eigenvalue weighted by Gasteiger charge is -2.41. The number of amides is 3. The maximum atomic E-state index is 12.1. The minimum atomic E-state index is -0.703. The predicted octanol–water partition coefficient (Wildman–Crippen LogP) is 0.685. The van der Waals surface area contributed by atoms with Gasteiger partial charge in [-0.05, 0) is 37.4 Å². The van der Waals surface area contributed by atoms with E-state index in [1.807, 2.05) is 17.9 Å². The highest BCUT2D eigenvalue weighted by Gasteiger charge is 2.33. The molecule has 0 aromatic carbocycles. The minimum absolute atomic E-state index is 0.0137. The summed E-state index contributed by atoms with van der Waals surface area (Å²) in [6, 6.07) is 0.971. The van der Waals surface area contributed by atoms with E-state index in [0.717, 1.165) is 18.5 Å². The summed E-state index contributed by atoms with van der Waals surface area (Å²) in [6.45, 7) is 2.32. The molecule has 1 saturated heterocycles. The third kappa shape index (κ3) is 4.76. The largest absolute Gasteiger partial charge is 0.394 e. The molecule has 3 amide bonds. The van der Waals surface area contributed by atoms with Crippen molar-refractivity contribution in [3.05, 3.63) is 23.7 Å². The van der Waals surface area contributed by atoms with Gasteiger partial charge in [-0.15, -0.1) is 0 Å². The van der Waals surface area contributed by atoms with E-state index in [2.05, 4.69) is 25.0 Å². The molecule has 3 heterocycles. The third-order valence-corrected chi connectivity index (χ3v) is 5.63. The van der Waals surface area contributed by atoms with Crippen molar-refractivity contribution in [2.45, 2.75) is 31.8 Å². The lowest BCUT2D eigenvalue weighted by Crippen LogP contribution is -2.58. The van der Waals surface area contributed by atoms with Crippen molar-refractivity contribution in [2.24, 2.45) is 5.73 Å². The molecule has 3 rings (SSSR count). The molecule has 0 bridgehead atoms. The van der Waals surface area contributed by atoms with Gasteiger partial charge in [0, 0.05) is 20.6 Å². The molecular weight excluding hydrogens is 408 g/mol. The second-order valence-corrected chi connectivity index (χ2v) is 8.09. The Balaban J connectivity index is 1.90. The van der Waals surface area contributed by atoms with Crippen molar-refractivity contribution < 1.29 is 14.7 Å². The molecule has 0 radical (unpaired) electrons. The Morgan fingerprint density at radius 2 is 2.20 bits per heavy atom. The topological polar surface area (TPSA) is 150 Å². The molecule has 0 saturated carbocycles.